The first-order valence-corrected chi connectivity index (χ1v) is 6.51. The molecule has 18 heavy (non-hydrogen) atoms. The number of rotatable bonds is 10. The van der Waals surface area contributed by atoms with Gasteiger partial charge in [0.05, 0.1) is 19.5 Å². The number of nitrogens with one attached hydrogen (secondary N) is 1. The van der Waals surface area contributed by atoms with Gasteiger partial charge in [-0.25, -0.2) is 0 Å². The van der Waals surface area contributed by atoms with E-state index >= 15 is 0 Å². The van der Waals surface area contributed by atoms with Crippen LogP contribution in [-0.4, -0.2) is 19.8 Å². The molecule has 1 aromatic carbocycles. The van der Waals surface area contributed by atoms with Crippen molar-refractivity contribution in [3.8, 4) is 5.75 Å². The average Bonchev–Trinajstić information content (AvgIpc) is 2.41. The lowest BCUT2D eigenvalue weighted by atomic mass is 10.2. The van der Waals surface area contributed by atoms with Crippen LogP contribution in [0.15, 0.2) is 37.1 Å². The molecule has 3 nitrogen and oxygen atoms in total. The van der Waals surface area contributed by atoms with E-state index in [0.717, 1.165) is 44.9 Å². The molecule has 1 N–H and O–H groups in total. The van der Waals surface area contributed by atoms with Crippen molar-refractivity contribution < 1.29 is 9.47 Å². The molecular formula is C15H23NO2. The van der Waals surface area contributed by atoms with Crippen LogP contribution >= 0.6 is 0 Å². The highest BCUT2D eigenvalue weighted by Crippen LogP contribution is 2.13. The first kappa shape index (κ1) is 14.6. The fourth-order valence-corrected chi connectivity index (χ4v) is 1.56. The minimum absolute atomic E-state index is 0.718. The van der Waals surface area contributed by atoms with Gasteiger partial charge in [-0.1, -0.05) is 25.6 Å². The molecule has 0 bridgehead atoms. The Kier molecular flexibility index (Phi) is 7.73. The molecule has 0 aromatic heterocycles. The third-order valence-corrected chi connectivity index (χ3v) is 2.43. The molecule has 0 fully saturated rings. The highest BCUT2D eigenvalue weighted by Gasteiger charge is 1.96. The van der Waals surface area contributed by atoms with Crippen LogP contribution in [-0.2, 0) is 11.3 Å². The molecule has 0 aliphatic rings. The lowest BCUT2D eigenvalue weighted by Gasteiger charge is -2.08. The van der Waals surface area contributed by atoms with Crippen LogP contribution in [0.3, 0.4) is 0 Å². The van der Waals surface area contributed by atoms with Crippen molar-refractivity contribution >= 4 is 0 Å². The summed E-state index contributed by atoms with van der Waals surface area (Å²) in [6.07, 6.45) is 3.50. The van der Waals surface area contributed by atoms with Crippen LogP contribution in [0.5, 0.6) is 5.75 Å². The number of hydrogen-bond acceptors (Lipinski definition) is 3. The molecule has 100 valence electrons. The highest BCUT2D eigenvalue weighted by molar-refractivity contribution is 5.28. The normalized spacial score (nSPS) is 10.1. The van der Waals surface area contributed by atoms with E-state index in [2.05, 4.69) is 31.0 Å². The summed E-state index contributed by atoms with van der Waals surface area (Å²) in [5, 5.41) is 3.37. The van der Waals surface area contributed by atoms with E-state index in [1.807, 2.05) is 12.1 Å². The molecule has 0 aliphatic carbocycles. The molecule has 3 heteroatoms. The Bertz CT molecular complexity index is 339. The monoisotopic (exact) mass is 249 g/mol. The van der Waals surface area contributed by atoms with E-state index < -0.39 is 0 Å². The predicted molar refractivity (Wildman–Crippen MR) is 74.7 cm³/mol. The van der Waals surface area contributed by atoms with Crippen molar-refractivity contribution in [3.63, 3.8) is 0 Å². The third kappa shape index (κ3) is 6.30. The molecule has 0 saturated carbocycles. The molecule has 0 radical (unpaired) electrons. The van der Waals surface area contributed by atoms with Crippen molar-refractivity contribution in [3.05, 3.63) is 42.7 Å². The van der Waals surface area contributed by atoms with Crippen LogP contribution in [0.1, 0.15) is 25.3 Å². The lowest BCUT2D eigenvalue weighted by Crippen LogP contribution is -2.16. The first-order valence-electron chi connectivity index (χ1n) is 6.51. The molecule has 1 rings (SSSR count). The van der Waals surface area contributed by atoms with Gasteiger partial charge in [0, 0.05) is 6.54 Å². The summed E-state index contributed by atoms with van der Waals surface area (Å²) in [6, 6.07) is 8.22. The van der Waals surface area contributed by atoms with Gasteiger partial charge in [0.2, 0.25) is 0 Å². The largest absolute Gasteiger partial charge is 0.502 e. The second-order valence-corrected chi connectivity index (χ2v) is 4.06. The number of ether oxygens (including phenoxy) is 2. The van der Waals surface area contributed by atoms with Crippen molar-refractivity contribution in [2.24, 2.45) is 0 Å². The second kappa shape index (κ2) is 9.54. The average molecular weight is 249 g/mol. The lowest BCUT2D eigenvalue weighted by molar-refractivity contribution is 0.244. The third-order valence-electron chi connectivity index (χ3n) is 2.43. The van der Waals surface area contributed by atoms with Crippen molar-refractivity contribution in [1.82, 2.24) is 5.32 Å². The van der Waals surface area contributed by atoms with Crippen molar-refractivity contribution in [2.75, 3.05) is 19.8 Å². The number of hydrogen-bond donors (Lipinski definition) is 1. The van der Waals surface area contributed by atoms with Crippen LogP contribution in [0.25, 0.3) is 0 Å². The fraction of sp³-hybridized carbons (Fsp3) is 0.467. The van der Waals surface area contributed by atoms with Gasteiger partial charge in [0.1, 0.15) is 5.75 Å². The summed E-state index contributed by atoms with van der Waals surface area (Å²) in [4.78, 5) is 0. The minimum atomic E-state index is 0.718. The quantitative estimate of drug-likeness (QED) is 0.510. The zero-order valence-corrected chi connectivity index (χ0v) is 11.2. The SMILES string of the molecule is C=COCCCNCc1cccc(OCCC)c1. The van der Waals surface area contributed by atoms with Crippen molar-refractivity contribution in [2.45, 2.75) is 26.3 Å². The smallest absolute Gasteiger partial charge is 0.119 e. The fourth-order valence-electron chi connectivity index (χ4n) is 1.56. The Hall–Kier alpha value is -1.48. The summed E-state index contributed by atoms with van der Waals surface area (Å²) in [7, 11) is 0. The van der Waals surface area contributed by atoms with E-state index in [1.165, 1.54) is 11.8 Å². The van der Waals surface area contributed by atoms with Crippen LogP contribution in [0.4, 0.5) is 0 Å². The van der Waals surface area contributed by atoms with Gasteiger partial charge in [-0.05, 0) is 37.1 Å². The van der Waals surface area contributed by atoms with Gasteiger partial charge in [0.15, 0.2) is 0 Å². The van der Waals surface area contributed by atoms with E-state index in [9.17, 15) is 0 Å². The Morgan fingerprint density at radius 3 is 3.00 bits per heavy atom. The molecule has 0 heterocycles. The van der Waals surface area contributed by atoms with E-state index in [4.69, 9.17) is 9.47 Å². The zero-order chi connectivity index (χ0) is 13.1. The Labute approximate surface area is 110 Å². The van der Waals surface area contributed by atoms with Crippen LogP contribution < -0.4 is 10.1 Å². The van der Waals surface area contributed by atoms with Gasteiger partial charge < -0.3 is 14.8 Å². The summed E-state index contributed by atoms with van der Waals surface area (Å²) >= 11 is 0. The van der Waals surface area contributed by atoms with Gasteiger partial charge in [0.25, 0.3) is 0 Å². The first-order chi connectivity index (χ1) is 8.86. The molecule has 0 unspecified atom stereocenters. The second-order valence-electron chi connectivity index (χ2n) is 4.06. The Balaban J connectivity index is 2.22. The topological polar surface area (TPSA) is 30.5 Å². The van der Waals surface area contributed by atoms with Gasteiger partial charge in [-0.3, -0.25) is 0 Å². The summed E-state index contributed by atoms with van der Waals surface area (Å²) in [6.45, 7) is 8.90. The Morgan fingerprint density at radius 2 is 2.22 bits per heavy atom. The van der Waals surface area contributed by atoms with E-state index in [0.29, 0.717) is 0 Å². The predicted octanol–water partition coefficient (Wildman–Crippen LogP) is 3.12. The van der Waals surface area contributed by atoms with Crippen molar-refractivity contribution in [1.29, 1.82) is 0 Å². The minimum Gasteiger partial charge on any atom is -0.502 e. The molecule has 1 aromatic rings. The van der Waals surface area contributed by atoms with E-state index in [-0.39, 0.29) is 0 Å². The van der Waals surface area contributed by atoms with Gasteiger partial charge >= 0.3 is 0 Å². The van der Waals surface area contributed by atoms with Crippen LogP contribution in [0.2, 0.25) is 0 Å². The molecular weight excluding hydrogens is 226 g/mol. The molecule has 0 saturated heterocycles. The highest BCUT2D eigenvalue weighted by atomic mass is 16.5. The molecule has 0 spiro atoms. The summed E-state index contributed by atoms with van der Waals surface area (Å²) < 4.78 is 10.6. The maximum absolute atomic E-state index is 5.60. The zero-order valence-electron chi connectivity index (χ0n) is 11.2. The Morgan fingerprint density at radius 1 is 1.33 bits per heavy atom. The van der Waals surface area contributed by atoms with E-state index in [1.54, 1.807) is 0 Å². The van der Waals surface area contributed by atoms with Gasteiger partial charge in [-0.2, -0.15) is 0 Å². The van der Waals surface area contributed by atoms with Gasteiger partial charge in [-0.15, -0.1) is 0 Å². The maximum atomic E-state index is 5.60. The standard InChI is InChI=1S/C15H23NO2/c1-3-10-18-15-8-5-7-14(12-15)13-16-9-6-11-17-4-2/h4-5,7-8,12,16H,2-3,6,9-11,13H2,1H3. The maximum Gasteiger partial charge on any atom is 0.119 e. The molecule has 0 aliphatic heterocycles. The summed E-state index contributed by atoms with van der Waals surface area (Å²) in [5.41, 5.74) is 1.24. The number of benzene rings is 1. The summed E-state index contributed by atoms with van der Waals surface area (Å²) in [5.74, 6) is 0.950. The molecule has 0 atom stereocenters. The van der Waals surface area contributed by atoms with Crippen LogP contribution in [0, 0.1) is 0 Å². The molecule has 0 amide bonds.